The summed E-state index contributed by atoms with van der Waals surface area (Å²) in [5, 5.41) is 2.38. The number of halogens is 1. The molecule has 1 N–H and O–H groups in total. The van der Waals surface area contributed by atoms with Crippen molar-refractivity contribution in [2.45, 2.75) is 37.6 Å². The fraction of sp³-hybridized carbons (Fsp3) is 0.579. The van der Waals surface area contributed by atoms with Crippen molar-refractivity contribution in [1.29, 1.82) is 0 Å². The van der Waals surface area contributed by atoms with Crippen molar-refractivity contribution >= 4 is 0 Å². The first-order valence-corrected chi connectivity index (χ1v) is 8.76. The number of ether oxygens (including phenoxy) is 1. The van der Waals surface area contributed by atoms with Crippen LogP contribution in [0.3, 0.4) is 0 Å². The number of hydrogen-bond donors (Lipinski definition) is 1. The lowest BCUT2D eigenvalue weighted by molar-refractivity contribution is 0.111. The number of allylic oxidation sites excluding steroid dienone is 1. The Balaban J connectivity index is 1.36. The molecule has 23 heavy (non-hydrogen) atoms. The fourth-order valence-corrected chi connectivity index (χ4v) is 4.51. The normalized spacial score (nSPS) is 31.0. The monoisotopic (exact) mass is 316 g/mol. The zero-order valence-corrected chi connectivity index (χ0v) is 13.7. The first-order chi connectivity index (χ1) is 11.2. The van der Waals surface area contributed by atoms with Crippen LogP contribution in [-0.2, 0) is 0 Å². The molecule has 2 bridgehead atoms. The Morgan fingerprint density at radius 2 is 2.00 bits per heavy atom. The van der Waals surface area contributed by atoms with Crippen molar-refractivity contribution in [3.05, 3.63) is 41.7 Å². The number of rotatable bonds is 4. The van der Waals surface area contributed by atoms with Crippen LogP contribution in [-0.4, -0.2) is 31.3 Å². The highest BCUT2D eigenvalue weighted by Crippen LogP contribution is 2.40. The molecule has 1 saturated carbocycles. The molecule has 3 nitrogen and oxygen atoms in total. The molecule has 2 fully saturated rings. The predicted octanol–water partition coefficient (Wildman–Crippen LogP) is 3.48. The maximum atomic E-state index is 13.6. The average Bonchev–Trinajstić information content (AvgIpc) is 3.18. The minimum Gasteiger partial charge on any atom is -0.496 e. The third-order valence-electron chi connectivity index (χ3n) is 5.75. The van der Waals surface area contributed by atoms with Gasteiger partial charge in [-0.1, -0.05) is 12.2 Å². The number of hydrogen-bond acceptors (Lipinski definition) is 3. The molecule has 4 rings (SSSR count). The van der Waals surface area contributed by atoms with Crippen LogP contribution in [0.5, 0.6) is 5.75 Å². The van der Waals surface area contributed by atoms with Gasteiger partial charge in [0.25, 0.3) is 0 Å². The van der Waals surface area contributed by atoms with Gasteiger partial charge in [0.2, 0.25) is 0 Å². The van der Waals surface area contributed by atoms with Crippen molar-refractivity contribution in [1.82, 2.24) is 10.4 Å². The number of fused-ring (bicyclic) bond motifs is 2. The van der Waals surface area contributed by atoms with Gasteiger partial charge in [-0.15, -0.1) is 0 Å². The minimum absolute atomic E-state index is 0.171. The fourth-order valence-electron chi connectivity index (χ4n) is 4.51. The molecule has 4 heteroatoms. The summed E-state index contributed by atoms with van der Waals surface area (Å²) in [6, 6.07) is 5.48. The Labute approximate surface area is 137 Å². The lowest BCUT2D eigenvalue weighted by atomic mass is 9.89. The summed E-state index contributed by atoms with van der Waals surface area (Å²) in [6.07, 6.45) is 9.46. The van der Waals surface area contributed by atoms with E-state index in [2.05, 4.69) is 22.6 Å². The van der Waals surface area contributed by atoms with E-state index in [0.717, 1.165) is 49.1 Å². The van der Waals surface area contributed by atoms with Crippen LogP contribution in [0.1, 0.15) is 37.2 Å². The van der Waals surface area contributed by atoms with E-state index < -0.39 is 0 Å². The van der Waals surface area contributed by atoms with Gasteiger partial charge in [-0.25, -0.2) is 9.40 Å². The Hall–Kier alpha value is -1.39. The lowest BCUT2D eigenvalue weighted by Gasteiger charge is -2.36. The van der Waals surface area contributed by atoms with Crippen LogP contribution in [0.25, 0.3) is 0 Å². The molecule has 3 atom stereocenters. The van der Waals surface area contributed by atoms with Crippen molar-refractivity contribution in [3.8, 4) is 5.75 Å². The van der Waals surface area contributed by atoms with E-state index in [4.69, 9.17) is 4.74 Å². The zero-order valence-electron chi connectivity index (χ0n) is 13.7. The summed E-state index contributed by atoms with van der Waals surface area (Å²) >= 11 is 0. The van der Waals surface area contributed by atoms with Gasteiger partial charge in [-0.05, 0) is 61.6 Å². The van der Waals surface area contributed by atoms with Crippen LogP contribution in [0.4, 0.5) is 4.39 Å². The number of methoxy groups -OCH3 is 1. The summed E-state index contributed by atoms with van der Waals surface area (Å²) in [7, 11) is 1.66. The largest absolute Gasteiger partial charge is 0.496 e. The van der Waals surface area contributed by atoms with E-state index in [1.54, 1.807) is 19.2 Å². The molecule has 1 saturated heterocycles. The first-order valence-electron chi connectivity index (χ1n) is 8.76. The highest BCUT2D eigenvalue weighted by molar-refractivity contribution is 5.37. The number of nitrogens with zero attached hydrogens (tertiary/aromatic N) is 1. The second kappa shape index (κ2) is 6.25. The maximum Gasteiger partial charge on any atom is 0.123 e. The van der Waals surface area contributed by atoms with E-state index in [9.17, 15) is 4.39 Å². The van der Waals surface area contributed by atoms with Gasteiger partial charge in [0.1, 0.15) is 11.6 Å². The van der Waals surface area contributed by atoms with Crippen molar-refractivity contribution in [2.75, 3.05) is 20.2 Å². The molecule has 2 aliphatic carbocycles. The molecule has 0 spiro atoms. The third kappa shape index (κ3) is 3.02. The molecule has 0 amide bonds. The number of hydrazine groups is 1. The molecule has 3 aliphatic rings. The Bertz CT molecular complexity index is 595. The van der Waals surface area contributed by atoms with Crippen LogP contribution >= 0.6 is 0 Å². The predicted molar refractivity (Wildman–Crippen MR) is 88.8 cm³/mol. The molecule has 1 aliphatic heterocycles. The standard InChI is InChI=1S/C19H25FN2O/c1-23-19-5-4-16(20)12-17(19)14-6-8-22(9-7-14)21-18-11-13-2-3-15(18)10-13/h2-5,12-15,18,21H,6-11H2,1H3/t13-,15-,18-/m0/s1. The molecule has 1 aromatic rings. The summed E-state index contributed by atoms with van der Waals surface area (Å²) < 4.78 is 19.0. The maximum absolute atomic E-state index is 13.6. The molecule has 0 aromatic heterocycles. The van der Waals surface area contributed by atoms with Crippen LogP contribution in [0, 0.1) is 17.7 Å². The van der Waals surface area contributed by atoms with Gasteiger partial charge in [-0.2, -0.15) is 0 Å². The van der Waals surface area contributed by atoms with Crippen molar-refractivity contribution in [3.63, 3.8) is 0 Å². The smallest absolute Gasteiger partial charge is 0.123 e. The SMILES string of the molecule is COc1ccc(F)cc1C1CCN(N[C@H]2C[C@H]3C=C[C@H]2C3)CC1. The highest BCUT2D eigenvalue weighted by Gasteiger charge is 2.36. The van der Waals surface area contributed by atoms with Crippen molar-refractivity contribution in [2.24, 2.45) is 11.8 Å². The first kappa shape index (κ1) is 15.2. The zero-order chi connectivity index (χ0) is 15.8. The quantitative estimate of drug-likeness (QED) is 0.861. The molecule has 124 valence electrons. The summed E-state index contributed by atoms with van der Waals surface area (Å²) in [4.78, 5) is 0. The van der Waals surface area contributed by atoms with E-state index in [1.165, 1.54) is 18.9 Å². The third-order valence-corrected chi connectivity index (χ3v) is 5.75. The lowest BCUT2D eigenvalue weighted by Crippen LogP contribution is -2.49. The van der Waals surface area contributed by atoms with Gasteiger partial charge in [0.15, 0.2) is 0 Å². The second-order valence-corrected chi connectivity index (χ2v) is 7.16. The van der Waals surface area contributed by atoms with Crippen molar-refractivity contribution < 1.29 is 9.13 Å². The van der Waals surface area contributed by atoms with E-state index in [1.807, 2.05) is 0 Å². The Morgan fingerprint density at radius 3 is 2.65 bits per heavy atom. The molecule has 1 aromatic carbocycles. The molecule has 0 unspecified atom stereocenters. The van der Waals surface area contributed by atoms with Crippen LogP contribution in [0.15, 0.2) is 30.4 Å². The average molecular weight is 316 g/mol. The van der Waals surface area contributed by atoms with E-state index in [0.29, 0.717) is 12.0 Å². The van der Waals surface area contributed by atoms with Crippen LogP contribution < -0.4 is 10.2 Å². The highest BCUT2D eigenvalue weighted by atomic mass is 19.1. The summed E-state index contributed by atoms with van der Waals surface area (Å²) in [5.74, 6) is 2.55. The molecular weight excluding hydrogens is 291 g/mol. The number of benzene rings is 1. The van der Waals surface area contributed by atoms with E-state index >= 15 is 0 Å². The summed E-state index contributed by atoms with van der Waals surface area (Å²) in [5.41, 5.74) is 4.76. The second-order valence-electron chi connectivity index (χ2n) is 7.16. The van der Waals surface area contributed by atoms with Gasteiger partial charge in [0, 0.05) is 24.7 Å². The van der Waals surface area contributed by atoms with Gasteiger partial charge in [-0.3, -0.25) is 5.43 Å². The van der Waals surface area contributed by atoms with E-state index in [-0.39, 0.29) is 5.82 Å². The topological polar surface area (TPSA) is 24.5 Å². The minimum atomic E-state index is -0.171. The van der Waals surface area contributed by atoms with Gasteiger partial charge in [0.05, 0.1) is 7.11 Å². The van der Waals surface area contributed by atoms with Gasteiger partial charge < -0.3 is 4.74 Å². The Morgan fingerprint density at radius 1 is 1.17 bits per heavy atom. The molecule has 1 heterocycles. The van der Waals surface area contributed by atoms with Gasteiger partial charge >= 0.3 is 0 Å². The Kier molecular flexibility index (Phi) is 4.12. The number of nitrogens with one attached hydrogen (secondary N) is 1. The molecule has 0 radical (unpaired) electrons. The van der Waals surface area contributed by atoms with Crippen LogP contribution in [0.2, 0.25) is 0 Å². The number of piperidine rings is 1. The summed E-state index contributed by atoms with van der Waals surface area (Å²) in [6.45, 7) is 2.03. The molecular formula is C19H25FN2O.